The van der Waals surface area contributed by atoms with E-state index >= 15 is 0 Å². The molecule has 0 unspecified atom stereocenters. The first-order valence-corrected chi connectivity index (χ1v) is 15.8. The molecular weight excluding hydrogens is 590 g/mol. The summed E-state index contributed by atoms with van der Waals surface area (Å²) in [6, 6.07) is 30.2. The van der Waals surface area contributed by atoms with Crippen LogP contribution < -0.4 is 33.0 Å². The van der Waals surface area contributed by atoms with Crippen LogP contribution in [0.2, 0.25) is 0 Å². The number of nitrogens with zero attached hydrogens (tertiary/aromatic N) is 5. The number of anilines is 2. The first-order valence-electron chi connectivity index (χ1n) is 14.6. The standard InChI is InChI=1S/C35H36N5.ClHO4/c1-37(2)28-19-13-26(14-20-28)17-23-31-25-32(24-18-27-15-21-29(22-16-27)38(3)4)40-35(33-11-8-12-34(33)36-40)39(31)30-9-6-5-7-10-30;2-1(3,4)5/h5-7,9-10,13-25H,8,11-12H2,1-4H3;(H,2,3,4,5)/q+1;/p-1. The summed E-state index contributed by atoms with van der Waals surface area (Å²) in [7, 11) is 3.32. The fourth-order valence-corrected chi connectivity index (χ4v) is 5.40. The third kappa shape index (κ3) is 7.96. The van der Waals surface area contributed by atoms with Gasteiger partial charge in [0.15, 0.2) is 5.69 Å². The number of aryl methyl sites for hydroxylation is 2. The van der Waals surface area contributed by atoms with E-state index in [1.54, 1.807) is 0 Å². The largest absolute Gasteiger partial charge is 0.378 e. The second kappa shape index (κ2) is 13.6. The van der Waals surface area contributed by atoms with E-state index in [4.69, 9.17) is 23.7 Å². The summed E-state index contributed by atoms with van der Waals surface area (Å²) >= 11 is 0. The van der Waals surface area contributed by atoms with E-state index in [0.717, 1.165) is 47.5 Å². The predicted octanol–water partition coefficient (Wildman–Crippen LogP) is 1.82. The van der Waals surface area contributed by atoms with Crippen LogP contribution in [0.15, 0.2) is 84.9 Å². The Labute approximate surface area is 265 Å². The molecule has 45 heavy (non-hydrogen) atoms. The van der Waals surface area contributed by atoms with Gasteiger partial charge in [-0.15, -0.1) is 10.2 Å². The van der Waals surface area contributed by atoms with Crippen LogP contribution in [-0.4, -0.2) is 37.8 Å². The molecule has 232 valence electrons. The van der Waals surface area contributed by atoms with Gasteiger partial charge < -0.3 is 9.80 Å². The van der Waals surface area contributed by atoms with Crippen molar-refractivity contribution in [3.63, 3.8) is 0 Å². The molecular formula is C35H36ClN5O4. The third-order valence-electron chi connectivity index (χ3n) is 7.62. The van der Waals surface area contributed by atoms with Gasteiger partial charge in [0, 0.05) is 45.6 Å². The maximum Gasteiger partial charge on any atom is 0.318 e. The van der Waals surface area contributed by atoms with E-state index in [9.17, 15) is 0 Å². The van der Waals surface area contributed by atoms with E-state index in [1.165, 1.54) is 28.2 Å². The highest BCUT2D eigenvalue weighted by atomic mass is 35.7. The minimum Gasteiger partial charge on any atom is -0.378 e. The number of halogens is 1. The molecule has 0 N–H and O–H groups in total. The molecule has 5 aromatic rings. The number of rotatable bonds is 7. The Balaban J connectivity index is 0.000000743. The van der Waals surface area contributed by atoms with Gasteiger partial charge in [-0.25, -0.2) is 18.6 Å². The van der Waals surface area contributed by atoms with Gasteiger partial charge in [-0.3, -0.25) is 0 Å². The van der Waals surface area contributed by atoms with Crippen LogP contribution in [0.1, 0.15) is 40.2 Å². The molecule has 0 amide bonds. The lowest BCUT2D eigenvalue weighted by Crippen LogP contribution is -2.68. The van der Waals surface area contributed by atoms with Crippen LogP contribution in [0.3, 0.4) is 0 Å². The summed E-state index contributed by atoms with van der Waals surface area (Å²) in [6.45, 7) is 0. The molecule has 0 aliphatic heterocycles. The average molecular weight is 626 g/mol. The molecule has 6 rings (SSSR count). The number of para-hydroxylation sites is 1. The Kier molecular flexibility index (Phi) is 9.67. The second-order valence-corrected chi connectivity index (χ2v) is 12.0. The number of fused-ring (bicyclic) bond motifs is 3. The summed E-state index contributed by atoms with van der Waals surface area (Å²) < 4.78 is 38.5. The first-order chi connectivity index (χ1) is 21.5. The fraction of sp³-hybridized carbons (Fsp3) is 0.200. The monoisotopic (exact) mass is 625 g/mol. The van der Waals surface area contributed by atoms with Gasteiger partial charge in [0.2, 0.25) is 0 Å². The molecule has 2 heterocycles. The van der Waals surface area contributed by atoms with Crippen molar-refractivity contribution in [1.82, 2.24) is 9.61 Å². The highest BCUT2D eigenvalue weighted by Crippen LogP contribution is 2.27. The van der Waals surface area contributed by atoms with E-state index in [2.05, 4.69) is 156 Å². The molecule has 10 heteroatoms. The van der Waals surface area contributed by atoms with Crippen LogP contribution in [-0.2, 0) is 12.8 Å². The Morgan fingerprint density at radius 2 is 1.24 bits per heavy atom. The maximum atomic E-state index is 8.49. The topological polar surface area (TPSA) is 120 Å². The van der Waals surface area contributed by atoms with Crippen LogP contribution in [0.5, 0.6) is 0 Å². The van der Waals surface area contributed by atoms with Gasteiger partial charge in [-0.1, -0.05) is 64.2 Å². The van der Waals surface area contributed by atoms with E-state index in [0.29, 0.717) is 0 Å². The molecule has 0 saturated carbocycles. The second-order valence-electron chi connectivity index (χ2n) is 11.2. The van der Waals surface area contributed by atoms with Crippen LogP contribution in [0, 0.1) is 10.2 Å². The van der Waals surface area contributed by atoms with Gasteiger partial charge >= 0.3 is 5.65 Å². The predicted molar refractivity (Wildman–Crippen MR) is 168 cm³/mol. The van der Waals surface area contributed by atoms with Crippen LogP contribution in [0.25, 0.3) is 35.6 Å². The SMILES string of the molecule is CN(C)c1ccc(C=Cc2cc(C=Cc3ccc(N(C)C)cc3)[n+](-c3ccccc3)c3c4c(nn23)CCC4)cc1.[O-][Cl+3]([O-])([O-])[O-]. The summed E-state index contributed by atoms with van der Waals surface area (Å²) in [5.41, 5.74) is 11.8. The first kappa shape index (κ1) is 31.9. The summed E-state index contributed by atoms with van der Waals surface area (Å²) in [4.78, 5) is 4.24. The van der Waals surface area contributed by atoms with Crippen molar-refractivity contribution >= 4 is 41.3 Å². The molecule has 0 atom stereocenters. The van der Waals surface area contributed by atoms with Gasteiger partial charge in [0.05, 0.1) is 11.3 Å². The fourth-order valence-electron chi connectivity index (χ4n) is 5.40. The lowest BCUT2D eigenvalue weighted by molar-refractivity contribution is -2.00. The third-order valence-corrected chi connectivity index (χ3v) is 7.62. The zero-order valence-electron chi connectivity index (χ0n) is 25.8. The minimum atomic E-state index is -4.94. The van der Waals surface area contributed by atoms with E-state index in [1.807, 2.05) is 0 Å². The number of aromatic nitrogens is 3. The van der Waals surface area contributed by atoms with Crippen molar-refractivity contribution in [1.29, 1.82) is 0 Å². The van der Waals surface area contributed by atoms with E-state index in [-0.39, 0.29) is 0 Å². The van der Waals surface area contributed by atoms with Crippen molar-refractivity contribution in [2.24, 2.45) is 0 Å². The van der Waals surface area contributed by atoms with Gasteiger partial charge in [-0.2, -0.15) is 4.57 Å². The van der Waals surface area contributed by atoms with Crippen molar-refractivity contribution in [3.05, 3.63) is 119 Å². The van der Waals surface area contributed by atoms with Crippen LogP contribution >= 0.6 is 0 Å². The highest BCUT2D eigenvalue weighted by Gasteiger charge is 2.30. The van der Waals surface area contributed by atoms with Crippen molar-refractivity contribution in [2.45, 2.75) is 19.3 Å². The maximum absolute atomic E-state index is 8.49. The van der Waals surface area contributed by atoms with Gasteiger partial charge in [0.1, 0.15) is 11.4 Å². The van der Waals surface area contributed by atoms with Crippen molar-refractivity contribution < 1.29 is 33.4 Å². The molecule has 2 aromatic heterocycles. The Morgan fingerprint density at radius 1 is 0.711 bits per heavy atom. The quantitative estimate of drug-likeness (QED) is 0.253. The van der Waals surface area contributed by atoms with E-state index < -0.39 is 10.2 Å². The zero-order chi connectivity index (χ0) is 32.1. The Hall–Kier alpha value is -4.51. The lowest BCUT2D eigenvalue weighted by Gasteiger charge is -2.17. The normalized spacial score (nSPS) is 12.9. The molecule has 9 nitrogen and oxygen atoms in total. The highest BCUT2D eigenvalue weighted by molar-refractivity contribution is 5.74. The number of hydrogen-bond acceptors (Lipinski definition) is 7. The molecule has 1 aliphatic carbocycles. The number of hydrogen-bond donors (Lipinski definition) is 0. The van der Waals surface area contributed by atoms with Gasteiger partial charge in [-0.05, 0) is 78.9 Å². The molecule has 0 saturated heterocycles. The number of benzene rings is 3. The lowest BCUT2D eigenvalue weighted by atomic mass is 10.1. The molecule has 0 radical (unpaired) electrons. The molecule has 0 fully saturated rings. The minimum absolute atomic E-state index is 1.03. The Morgan fingerprint density at radius 3 is 1.78 bits per heavy atom. The summed E-state index contributed by atoms with van der Waals surface area (Å²) in [5.74, 6) is 0. The van der Waals surface area contributed by atoms with Crippen molar-refractivity contribution in [2.75, 3.05) is 38.0 Å². The van der Waals surface area contributed by atoms with Gasteiger partial charge in [0.25, 0.3) is 0 Å². The summed E-state index contributed by atoms with van der Waals surface area (Å²) in [6.07, 6.45) is 12.1. The van der Waals surface area contributed by atoms with Crippen molar-refractivity contribution in [3.8, 4) is 5.69 Å². The molecule has 0 bridgehead atoms. The smallest absolute Gasteiger partial charge is 0.318 e. The zero-order valence-corrected chi connectivity index (χ0v) is 26.5. The van der Waals surface area contributed by atoms with Crippen LogP contribution in [0.4, 0.5) is 11.4 Å². The average Bonchev–Trinajstić information content (AvgIpc) is 3.61. The Bertz CT molecular complexity index is 1800. The summed E-state index contributed by atoms with van der Waals surface area (Å²) in [5, 5.41) is 5.12. The molecule has 1 aliphatic rings. The molecule has 0 spiro atoms. The molecule has 3 aromatic carbocycles.